The molecule has 8 heteroatoms. The Kier molecular flexibility index (Phi) is 9.25. The summed E-state index contributed by atoms with van der Waals surface area (Å²) in [6.07, 6.45) is 33.8. The number of aromatic nitrogens is 2. The summed E-state index contributed by atoms with van der Waals surface area (Å²) in [4.78, 5) is 20.6. The predicted molar refractivity (Wildman–Crippen MR) is 257 cm³/mol. The SMILES string of the molecule is CNC(=O)O[C@@H]1CCC2=CC3=CC[C@]4(C)[C@@H](c5ccc6ccncc6c5)CC[C@H]4[C@@]34CCC2(C1)O4.C[C@]12CC=C3C=C4CC[C@@H](O)CC45CC[C@]3(O5)[C@@H]1CC[C@@H]2c1ccc2ccncc2c1. The maximum absolute atomic E-state index is 11.9. The van der Waals surface area contributed by atoms with E-state index in [0.717, 1.165) is 77.0 Å². The third-order valence-electron chi connectivity index (χ3n) is 19.9. The van der Waals surface area contributed by atoms with Crippen molar-refractivity contribution in [2.75, 3.05) is 7.05 Å². The van der Waals surface area contributed by atoms with Crippen molar-refractivity contribution in [2.24, 2.45) is 22.7 Å². The average molecular weight is 884 g/mol. The van der Waals surface area contributed by atoms with Crippen molar-refractivity contribution in [2.45, 2.75) is 163 Å². The molecular formula is C58H65N3O5. The van der Waals surface area contributed by atoms with Gasteiger partial charge in [0.2, 0.25) is 0 Å². The summed E-state index contributed by atoms with van der Waals surface area (Å²) in [5.74, 6) is 2.12. The highest BCUT2D eigenvalue weighted by molar-refractivity contribution is 5.83. The topological polar surface area (TPSA) is 103 Å². The van der Waals surface area contributed by atoms with Gasteiger partial charge in [-0.2, -0.15) is 0 Å². The number of fused-ring (bicyclic) bond motifs is 4. The number of aliphatic hydroxyl groups is 1. The summed E-state index contributed by atoms with van der Waals surface area (Å²) in [6.45, 7) is 5.03. The van der Waals surface area contributed by atoms with Gasteiger partial charge < -0.3 is 24.6 Å². The van der Waals surface area contributed by atoms with Gasteiger partial charge in [-0.15, -0.1) is 0 Å². The molecule has 4 bridgehead atoms. The fourth-order valence-corrected chi connectivity index (χ4v) is 16.8. The standard InChI is InChI=1S/C30H34N2O3.C28H31NO2/c1-28-11-9-23-16-22-5-6-24(34-27(33)31-2)17-29(22)12-13-30(23,35-29)26(28)8-7-25(28)20-4-3-19-10-14-32-18-21(19)15-20;1-26-10-8-22-15-21-4-5-23(30)16-27(21)11-12-28(22,31-27)25(26)7-6-24(26)19-3-2-18-9-13-29-17-20(18)14-19/h3-4,9-10,14-16,18,24-26H,5-8,11-13,17H2,1-2H3,(H,31,33);2-3,8-9,13-15,17,23-25,30H,4-7,10-12,16H2,1H3/t24-,25-,26-,28-,29?,30-;23-,24-,25-,26-,27?,28-/m11/s1. The summed E-state index contributed by atoms with van der Waals surface area (Å²) in [7, 11) is 1.62. The second kappa shape index (κ2) is 14.7. The zero-order valence-corrected chi connectivity index (χ0v) is 39.0. The molecule has 0 radical (unpaired) electrons. The zero-order valence-electron chi connectivity index (χ0n) is 39.0. The molecular weight excluding hydrogens is 819 g/mol. The third-order valence-corrected chi connectivity index (χ3v) is 19.9. The van der Waals surface area contributed by atoms with Crippen molar-refractivity contribution in [1.82, 2.24) is 15.3 Å². The van der Waals surface area contributed by atoms with Gasteiger partial charge in [-0.1, -0.05) is 62.4 Å². The van der Waals surface area contributed by atoms with E-state index in [-0.39, 0.29) is 51.5 Å². The van der Waals surface area contributed by atoms with E-state index in [1.54, 1.807) is 7.05 Å². The van der Waals surface area contributed by atoms with Crippen LogP contribution in [0, 0.1) is 22.7 Å². The van der Waals surface area contributed by atoms with E-state index in [1.807, 2.05) is 24.8 Å². The lowest BCUT2D eigenvalue weighted by Crippen LogP contribution is -2.54. The van der Waals surface area contributed by atoms with Crippen LogP contribution in [0.15, 0.2) is 120 Å². The molecule has 4 aromatic rings. The summed E-state index contributed by atoms with van der Waals surface area (Å²) in [6, 6.07) is 18.2. The molecule has 4 spiro atoms. The Morgan fingerprint density at radius 2 is 1.20 bits per heavy atom. The number of ether oxygens (including phenoxy) is 3. The fourth-order valence-electron chi connectivity index (χ4n) is 16.8. The van der Waals surface area contributed by atoms with Crippen LogP contribution in [0.4, 0.5) is 4.79 Å². The normalized spacial score (nSPS) is 41.0. The van der Waals surface area contributed by atoms with E-state index in [1.165, 1.54) is 80.6 Å². The number of hydrogen-bond acceptors (Lipinski definition) is 7. The largest absolute Gasteiger partial charge is 0.446 e. The van der Waals surface area contributed by atoms with Crippen LogP contribution in [0.2, 0.25) is 0 Å². The number of nitrogens with zero attached hydrogens (tertiary/aromatic N) is 2. The Morgan fingerprint density at radius 3 is 1.74 bits per heavy atom. The monoisotopic (exact) mass is 883 g/mol. The second-order valence-corrected chi connectivity index (χ2v) is 22.8. The lowest BCUT2D eigenvalue weighted by atomic mass is 9.58. The van der Waals surface area contributed by atoms with Crippen LogP contribution in [-0.4, -0.2) is 62.8 Å². The molecule has 2 unspecified atom stereocenters. The molecule has 14 rings (SSSR count). The zero-order chi connectivity index (χ0) is 44.7. The van der Waals surface area contributed by atoms with Crippen LogP contribution >= 0.6 is 0 Å². The number of amides is 1. The first kappa shape index (κ1) is 41.5. The first-order valence-corrected chi connectivity index (χ1v) is 25.5. The molecule has 12 atom stereocenters. The summed E-state index contributed by atoms with van der Waals surface area (Å²) >= 11 is 0. The number of pyridine rings is 2. The fraction of sp³-hybridized carbons (Fsp3) is 0.534. The van der Waals surface area contributed by atoms with E-state index >= 15 is 0 Å². The van der Waals surface area contributed by atoms with Crippen LogP contribution in [-0.2, 0) is 14.2 Å². The molecule has 10 aliphatic rings. The molecule has 6 fully saturated rings. The number of allylic oxidation sites excluding steroid dienone is 2. The van der Waals surface area contributed by atoms with Crippen LogP contribution in [0.25, 0.3) is 21.5 Å². The van der Waals surface area contributed by atoms with Gasteiger partial charge in [0, 0.05) is 55.4 Å². The molecule has 8 nitrogen and oxygen atoms in total. The van der Waals surface area contributed by atoms with Crippen LogP contribution in [0.5, 0.6) is 0 Å². The number of rotatable bonds is 3. The van der Waals surface area contributed by atoms with Crippen LogP contribution < -0.4 is 5.32 Å². The van der Waals surface area contributed by atoms with Crippen molar-refractivity contribution >= 4 is 27.6 Å². The maximum atomic E-state index is 11.9. The molecule has 4 aliphatic heterocycles. The lowest BCUT2D eigenvalue weighted by Gasteiger charge is -2.54. The highest BCUT2D eigenvalue weighted by Gasteiger charge is 2.68. The van der Waals surface area contributed by atoms with Gasteiger partial charge in [0.25, 0.3) is 0 Å². The molecule has 1 amide bonds. The smallest absolute Gasteiger partial charge is 0.407 e. The second-order valence-electron chi connectivity index (χ2n) is 22.8. The number of carbonyl (C=O) groups excluding carboxylic acids is 1. The molecule has 2 N–H and O–H groups in total. The number of benzene rings is 2. The average Bonchev–Trinajstić information content (AvgIpc) is 4.06. The first-order valence-electron chi connectivity index (χ1n) is 25.5. The van der Waals surface area contributed by atoms with Gasteiger partial charge in [0.05, 0.1) is 28.5 Å². The molecule has 2 aromatic heterocycles. The van der Waals surface area contributed by atoms with Crippen molar-refractivity contribution in [3.05, 3.63) is 131 Å². The highest BCUT2D eigenvalue weighted by atomic mass is 16.6. The Bertz CT molecular complexity index is 2810. The number of alkyl carbamates (subject to hydrolysis) is 1. The molecule has 4 saturated carbocycles. The highest BCUT2D eigenvalue weighted by Crippen LogP contribution is 2.71. The van der Waals surface area contributed by atoms with Crippen molar-refractivity contribution < 1.29 is 24.1 Å². The molecule has 66 heavy (non-hydrogen) atoms. The van der Waals surface area contributed by atoms with Crippen molar-refractivity contribution in [3.8, 4) is 0 Å². The maximum Gasteiger partial charge on any atom is 0.407 e. The molecule has 6 heterocycles. The first-order chi connectivity index (χ1) is 32.0. The van der Waals surface area contributed by atoms with Crippen LogP contribution in [0.3, 0.4) is 0 Å². The lowest BCUT2D eigenvalue weighted by molar-refractivity contribution is -0.145. The number of nitrogens with one attached hydrogen (secondary N) is 1. The summed E-state index contributed by atoms with van der Waals surface area (Å²) in [5.41, 5.74) is 8.26. The van der Waals surface area contributed by atoms with E-state index in [2.05, 4.69) is 102 Å². The van der Waals surface area contributed by atoms with Gasteiger partial charge in [0.15, 0.2) is 0 Å². The summed E-state index contributed by atoms with van der Waals surface area (Å²) in [5, 5.41) is 18.0. The Labute approximate surface area is 389 Å². The van der Waals surface area contributed by atoms with Gasteiger partial charge >= 0.3 is 6.09 Å². The Balaban J connectivity index is 0.000000133. The van der Waals surface area contributed by atoms with Crippen molar-refractivity contribution in [1.29, 1.82) is 0 Å². The van der Waals surface area contributed by atoms with Gasteiger partial charge in [-0.25, -0.2) is 4.79 Å². The Hall–Kier alpha value is -4.63. The van der Waals surface area contributed by atoms with E-state index in [9.17, 15) is 9.90 Å². The summed E-state index contributed by atoms with van der Waals surface area (Å²) < 4.78 is 20.2. The Morgan fingerprint density at radius 1 is 0.667 bits per heavy atom. The molecule has 2 aromatic carbocycles. The van der Waals surface area contributed by atoms with E-state index < -0.39 is 0 Å². The third kappa shape index (κ3) is 5.89. The minimum atomic E-state index is -0.336. The van der Waals surface area contributed by atoms with Gasteiger partial charge in [-0.3, -0.25) is 9.97 Å². The minimum absolute atomic E-state index is 0.0784. The number of carbonyl (C=O) groups is 1. The molecule has 342 valence electrons. The quantitative estimate of drug-likeness (QED) is 0.211. The molecule has 2 saturated heterocycles. The number of hydrogen-bond donors (Lipinski definition) is 2. The van der Waals surface area contributed by atoms with Gasteiger partial charge in [0.1, 0.15) is 6.10 Å². The van der Waals surface area contributed by atoms with Crippen molar-refractivity contribution in [3.63, 3.8) is 0 Å². The van der Waals surface area contributed by atoms with Crippen LogP contribution in [0.1, 0.15) is 140 Å². The minimum Gasteiger partial charge on any atom is -0.446 e. The molecule has 6 aliphatic carbocycles. The van der Waals surface area contributed by atoms with Gasteiger partial charge in [-0.05, 0) is 193 Å². The number of aliphatic hydroxyl groups excluding tert-OH is 1. The van der Waals surface area contributed by atoms with E-state index in [4.69, 9.17) is 14.2 Å². The predicted octanol–water partition coefficient (Wildman–Crippen LogP) is 12.0. The van der Waals surface area contributed by atoms with E-state index in [0.29, 0.717) is 23.7 Å².